The number of aromatic nitrogens is 1. The van der Waals surface area contributed by atoms with Crippen LogP contribution in [-0.2, 0) is 0 Å². The molecule has 116 valence electrons. The van der Waals surface area contributed by atoms with Gasteiger partial charge in [-0.2, -0.15) is 0 Å². The predicted octanol–water partition coefficient (Wildman–Crippen LogP) is 3.95. The van der Waals surface area contributed by atoms with Gasteiger partial charge in [0, 0.05) is 24.7 Å². The van der Waals surface area contributed by atoms with Crippen molar-refractivity contribution >= 4 is 40.0 Å². The van der Waals surface area contributed by atoms with Gasteiger partial charge >= 0.3 is 0 Å². The molecule has 0 bridgehead atoms. The number of oxazole rings is 1. The van der Waals surface area contributed by atoms with E-state index < -0.39 is 10.8 Å². The standard InChI is InChI=1S/C15H10ClN3O4/c1-8-17-13-6-9(2-5-14(13)23-8)18-15(20)11-7-10(19(21)22)3-4-12(11)16/h2-7H,1H3,(H,18,20). The summed E-state index contributed by atoms with van der Waals surface area (Å²) in [6.07, 6.45) is 0. The van der Waals surface area contributed by atoms with Crippen LogP contribution >= 0.6 is 11.6 Å². The van der Waals surface area contributed by atoms with E-state index in [1.807, 2.05) is 0 Å². The predicted molar refractivity (Wildman–Crippen MR) is 84.8 cm³/mol. The van der Waals surface area contributed by atoms with E-state index in [-0.39, 0.29) is 16.3 Å². The number of nitrogens with zero attached hydrogens (tertiary/aromatic N) is 2. The number of benzene rings is 2. The number of hydrogen-bond acceptors (Lipinski definition) is 5. The van der Waals surface area contributed by atoms with Crippen LogP contribution in [0.25, 0.3) is 11.1 Å². The van der Waals surface area contributed by atoms with Gasteiger partial charge in [-0.1, -0.05) is 11.6 Å². The maximum atomic E-state index is 12.3. The van der Waals surface area contributed by atoms with Gasteiger partial charge in [-0.05, 0) is 24.3 Å². The number of nitrogens with one attached hydrogen (secondary N) is 1. The molecule has 23 heavy (non-hydrogen) atoms. The first-order chi connectivity index (χ1) is 10.9. The van der Waals surface area contributed by atoms with Crippen molar-refractivity contribution in [1.29, 1.82) is 0 Å². The maximum absolute atomic E-state index is 12.3. The van der Waals surface area contributed by atoms with Gasteiger partial charge in [0.25, 0.3) is 11.6 Å². The third kappa shape index (κ3) is 3.00. The van der Waals surface area contributed by atoms with Crippen molar-refractivity contribution < 1.29 is 14.1 Å². The zero-order valence-corrected chi connectivity index (χ0v) is 12.6. The molecule has 0 spiro atoms. The first kappa shape index (κ1) is 15.0. The van der Waals surface area contributed by atoms with Gasteiger partial charge in [-0.15, -0.1) is 0 Å². The summed E-state index contributed by atoms with van der Waals surface area (Å²) in [6.45, 7) is 1.72. The molecule has 0 aliphatic heterocycles. The number of rotatable bonds is 3. The Morgan fingerprint density at radius 1 is 1.30 bits per heavy atom. The van der Waals surface area contributed by atoms with Crippen LogP contribution in [0.3, 0.4) is 0 Å². The highest BCUT2D eigenvalue weighted by Crippen LogP contribution is 2.24. The van der Waals surface area contributed by atoms with Crippen LogP contribution in [0.15, 0.2) is 40.8 Å². The number of non-ortho nitro benzene ring substituents is 1. The summed E-state index contributed by atoms with van der Waals surface area (Å²) >= 11 is 5.95. The molecule has 0 saturated heterocycles. The van der Waals surface area contributed by atoms with Crippen LogP contribution in [0, 0.1) is 17.0 Å². The lowest BCUT2D eigenvalue weighted by molar-refractivity contribution is -0.384. The van der Waals surface area contributed by atoms with Crippen molar-refractivity contribution in [3.8, 4) is 0 Å². The third-order valence-corrected chi connectivity index (χ3v) is 3.49. The summed E-state index contributed by atoms with van der Waals surface area (Å²) in [5.41, 5.74) is 1.51. The number of amides is 1. The normalized spacial score (nSPS) is 10.7. The lowest BCUT2D eigenvalue weighted by Crippen LogP contribution is -2.12. The fourth-order valence-corrected chi connectivity index (χ4v) is 2.32. The molecule has 3 aromatic rings. The monoisotopic (exact) mass is 331 g/mol. The second-order valence-electron chi connectivity index (χ2n) is 4.79. The molecule has 1 N–H and O–H groups in total. The van der Waals surface area contributed by atoms with Crippen LogP contribution in [-0.4, -0.2) is 15.8 Å². The van der Waals surface area contributed by atoms with Gasteiger partial charge in [0.05, 0.1) is 15.5 Å². The summed E-state index contributed by atoms with van der Waals surface area (Å²) in [4.78, 5) is 26.7. The van der Waals surface area contributed by atoms with E-state index in [4.69, 9.17) is 16.0 Å². The number of nitro groups is 1. The van der Waals surface area contributed by atoms with Crippen LogP contribution < -0.4 is 5.32 Å². The third-order valence-electron chi connectivity index (χ3n) is 3.16. The fourth-order valence-electron chi connectivity index (χ4n) is 2.12. The Hall–Kier alpha value is -2.93. The van der Waals surface area contributed by atoms with Crippen LogP contribution in [0.2, 0.25) is 5.02 Å². The van der Waals surface area contributed by atoms with E-state index >= 15 is 0 Å². The molecule has 1 heterocycles. The molecule has 2 aromatic carbocycles. The molecule has 0 saturated carbocycles. The summed E-state index contributed by atoms with van der Waals surface area (Å²) in [7, 11) is 0. The minimum Gasteiger partial charge on any atom is -0.441 e. The minimum atomic E-state index is -0.586. The number of anilines is 1. The molecule has 0 fully saturated rings. The quantitative estimate of drug-likeness (QED) is 0.578. The number of fused-ring (bicyclic) bond motifs is 1. The van der Waals surface area contributed by atoms with E-state index in [2.05, 4.69) is 10.3 Å². The zero-order valence-electron chi connectivity index (χ0n) is 11.9. The van der Waals surface area contributed by atoms with Gasteiger partial charge in [-0.25, -0.2) is 4.98 Å². The van der Waals surface area contributed by atoms with Crippen molar-refractivity contribution in [2.75, 3.05) is 5.32 Å². The van der Waals surface area contributed by atoms with E-state index in [1.54, 1.807) is 25.1 Å². The van der Waals surface area contributed by atoms with Gasteiger partial charge in [0.1, 0.15) is 5.52 Å². The fraction of sp³-hybridized carbons (Fsp3) is 0.0667. The SMILES string of the molecule is Cc1nc2cc(NC(=O)c3cc([N+](=O)[O-])ccc3Cl)ccc2o1. The minimum absolute atomic E-state index is 0.0253. The molecule has 0 atom stereocenters. The van der Waals surface area contributed by atoms with Crippen molar-refractivity contribution in [3.05, 3.63) is 63.0 Å². The van der Waals surface area contributed by atoms with Crippen LogP contribution in [0.5, 0.6) is 0 Å². The Bertz CT molecular complexity index is 936. The molecular weight excluding hydrogens is 322 g/mol. The molecule has 0 radical (unpaired) electrons. The summed E-state index contributed by atoms with van der Waals surface area (Å²) in [5, 5.41) is 13.6. The summed E-state index contributed by atoms with van der Waals surface area (Å²) in [6, 6.07) is 8.67. The molecule has 1 amide bonds. The van der Waals surface area contributed by atoms with Crippen LogP contribution in [0.1, 0.15) is 16.2 Å². The Morgan fingerprint density at radius 2 is 2.09 bits per heavy atom. The number of hydrogen-bond donors (Lipinski definition) is 1. The van der Waals surface area contributed by atoms with E-state index in [9.17, 15) is 14.9 Å². The second-order valence-corrected chi connectivity index (χ2v) is 5.20. The van der Waals surface area contributed by atoms with Crippen molar-refractivity contribution in [2.24, 2.45) is 0 Å². The average molecular weight is 332 g/mol. The molecule has 0 aliphatic carbocycles. The smallest absolute Gasteiger partial charge is 0.270 e. The Balaban J connectivity index is 1.90. The molecule has 0 aliphatic rings. The molecule has 8 heteroatoms. The van der Waals surface area contributed by atoms with E-state index in [0.717, 1.165) is 6.07 Å². The van der Waals surface area contributed by atoms with E-state index in [1.165, 1.54) is 12.1 Å². The first-order valence-corrected chi connectivity index (χ1v) is 6.94. The van der Waals surface area contributed by atoms with Crippen molar-refractivity contribution in [1.82, 2.24) is 4.98 Å². The Morgan fingerprint density at radius 3 is 2.83 bits per heavy atom. The van der Waals surface area contributed by atoms with Gasteiger partial charge < -0.3 is 9.73 Å². The molecule has 0 unspecified atom stereocenters. The topological polar surface area (TPSA) is 98.3 Å². The molecule has 3 rings (SSSR count). The Labute approximate surface area is 135 Å². The lowest BCUT2D eigenvalue weighted by Gasteiger charge is -2.06. The number of carbonyl (C=O) groups excluding carboxylic acids is 1. The van der Waals surface area contributed by atoms with Crippen molar-refractivity contribution in [2.45, 2.75) is 6.92 Å². The molecular formula is C15H10ClN3O4. The molecule has 7 nitrogen and oxygen atoms in total. The van der Waals surface area contributed by atoms with Gasteiger partial charge in [0.2, 0.25) is 0 Å². The largest absolute Gasteiger partial charge is 0.441 e. The summed E-state index contributed by atoms with van der Waals surface area (Å²) < 4.78 is 5.35. The zero-order chi connectivity index (χ0) is 16.6. The van der Waals surface area contributed by atoms with Crippen LogP contribution in [0.4, 0.5) is 11.4 Å². The Kier molecular flexibility index (Phi) is 3.71. The number of halogens is 1. The number of aryl methyl sites for hydroxylation is 1. The highest BCUT2D eigenvalue weighted by Gasteiger charge is 2.16. The van der Waals surface area contributed by atoms with Gasteiger partial charge in [0.15, 0.2) is 11.5 Å². The second kappa shape index (κ2) is 5.69. The highest BCUT2D eigenvalue weighted by molar-refractivity contribution is 6.34. The van der Waals surface area contributed by atoms with Crippen molar-refractivity contribution in [3.63, 3.8) is 0 Å². The van der Waals surface area contributed by atoms with Gasteiger partial charge in [-0.3, -0.25) is 14.9 Å². The average Bonchev–Trinajstić information content (AvgIpc) is 2.86. The number of nitro benzene ring substituents is 1. The summed E-state index contributed by atoms with van der Waals surface area (Å²) in [5.74, 6) is -0.0246. The first-order valence-electron chi connectivity index (χ1n) is 6.56. The maximum Gasteiger partial charge on any atom is 0.270 e. The highest BCUT2D eigenvalue weighted by atomic mass is 35.5. The van der Waals surface area contributed by atoms with E-state index in [0.29, 0.717) is 22.7 Å². The molecule has 1 aromatic heterocycles. The lowest BCUT2D eigenvalue weighted by atomic mass is 10.2. The number of carbonyl (C=O) groups is 1.